The summed E-state index contributed by atoms with van der Waals surface area (Å²) in [7, 11) is -3.21. The van der Waals surface area contributed by atoms with Gasteiger partial charge in [0.25, 0.3) is 0 Å². The third-order valence-corrected chi connectivity index (χ3v) is 3.06. The minimum atomic E-state index is -3.21. The van der Waals surface area contributed by atoms with Crippen molar-refractivity contribution in [2.75, 3.05) is 18.9 Å². The molecule has 0 aliphatic rings. The van der Waals surface area contributed by atoms with Gasteiger partial charge in [-0.05, 0) is 13.3 Å². The molecule has 5 nitrogen and oxygen atoms in total. The molecule has 0 saturated heterocycles. The van der Waals surface area contributed by atoms with Gasteiger partial charge in [-0.3, -0.25) is 0 Å². The van der Waals surface area contributed by atoms with Gasteiger partial charge in [0, 0.05) is 12.1 Å². The van der Waals surface area contributed by atoms with Crippen LogP contribution in [-0.4, -0.2) is 33.3 Å². The number of carbonyl (C=O) groups excluding carboxylic acids is 1. The maximum absolute atomic E-state index is 11.1. The molecule has 0 amide bonds. The monoisotopic (exact) mass is 235 g/mol. The third kappa shape index (κ3) is 7.10. The second-order valence-electron chi connectivity index (χ2n) is 3.09. The van der Waals surface area contributed by atoms with Crippen LogP contribution in [0.5, 0.6) is 0 Å². The molecule has 0 rings (SSSR count). The predicted molar refractivity (Wildman–Crippen MR) is 57.9 cm³/mol. The van der Waals surface area contributed by atoms with Crippen LogP contribution in [0.1, 0.15) is 20.3 Å². The number of carbonyl (C=O) groups is 1. The number of nitrogens with one attached hydrogen (secondary N) is 1. The van der Waals surface area contributed by atoms with Crippen molar-refractivity contribution in [2.24, 2.45) is 0 Å². The van der Waals surface area contributed by atoms with Crippen LogP contribution in [0.2, 0.25) is 0 Å². The first-order valence-corrected chi connectivity index (χ1v) is 6.34. The van der Waals surface area contributed by atoms with Gasteiger partial charge in [0.05, 0.1) is 12.4 Å². The lowest BCUT2D eigenvalue weighted by Crippen LogP contribution is -2.26. The number of sulfonamides is 1. The van der Waals surface area contributed by atoms with Crippen LogP contribution in [-0.2, 0) is 19.6 Å². The fraction of sp³-hybridized carbons (Fsp3) is 0.667. The molecule has 0 bridgehead atoms. The second-order valence-corrected chi connectivity index (χ2v) is 5.01. The van der Waals surface area contributed by atoms with Gasteiger partial charge >= 0.3 is 5.97 Å². The lowest BCUT2D eigenvalue weighted by atomic mass is 10.4. The van der Waals surface area contributed by atoms with Gasteiger partial charge in [-0.15, -0.1) is 0 Å². The number of hydrogen-bond acceptors (Lipinski definition) is 4. The normalized spacial score (nSPS) is 11.1. The molecule has 15 heavy (non-hydrogen) atoms. The first kappa shape index (κ1) is 14.1. The Kier molecular flexibility index (Phi) is 6.19. The Bertz CT molecular complexity index is 321. The molecule has 1 N–H and O–H groups in total. The Morgan fingerprint density at radius 3 is 2.53 bits per heavy atom. The molecular formula is C9H17NO4S. The van der Waals surface area contributed by atoms with Crippen molar-refractivity contribution in [3.8, 4) is 0 Å². The van der Waals surface area contributed by atoms with Crippen molar-refractivity contribution in [1.82, 2.24) is 4.72 Å². The van der Waals surface area contributed by atoms with Gasteiger partial charge < -0.3 is 4.74 Å². The molecule has 0 spiro atoms. The summed E-state index contributed by atoms with van der Waals surface area (Å²) in [5.74, 6) is -0.527. The molecule has 0 aliphatic heterocycles. The van der Waals surface area contributed by atoms with Gasteiger partial charge in [0.15, 0.2) is 0 Å². The van der Waals surface area contributed by atoms with E-state index >= 15 is 0 Å². The van der Waals surface area contributed by atoms with Gasteiger partial charge in [0.2, 0.25) is 10.0 Å². The van der Waals surface area contributed by atoms with E-state index in [2.05, 4.69) is 11.3 Å². The summed E-state index contributed by atoms with van der Waals surface area (Å²) in [4.78, 5) is 10.9. The van der Waals surface area contributed by atoms with Gasteiger partial charge in [-0.1, -0.05) is 13.5 Å². The highest BCUT2D eigenvalue weighted by Gasteiger charge is 2.09. The minimum absolute atomic E-state index is 0.0374. The van der Waals surface area contributed by atoms with Crippen LogP contribution < -0.4 is 4.72 Å². The van der Waals surface area contributed by atoms with E-state index in [0.29, 0.717) is 12.1 Å². The van der Waals surface area contributed by atoms with E-state index in [1.807, 2.05) is 0 Å². The van der Waals surface area contributed by atoms with Crippen molar-refractivity contribution in [3.63, 3.8) is 0 Å². The molecule has 0 aromatic heterocycles. The fourth-order valence-electron chi connectivity index (χ4n) is 0.829. The number of ether oxygens (including phenoxy) is 1. The predicted octanol–water partition coefficient (Wildman–Crippen LogP) is 0.435. The number of esters is 1. The van der Waals surface area contributed by atoms with E-state index in [1.54, 1.807) is 6.92 Å². The molecule has 88 valence electrons. The summed E-state index contributed by atoms with van der Waals surface area (Å²) >= 11 is 0. The van der Waals surface area contributed by atoms with Crippen LogP contribution in [0.25, 0.3) is 0 Å². The average Bonchev–Trinajstić information content (AvgIpc) is 2.11. The summed E-state index contributed by atoms with van der Waals surface area (Å²) < 4.78 is 29.4. The summed E-state index contributed by atoms with van der Waals surface area (Å²) in [6.45, 7) is 7.12. The van der Waals surface area contributed by atoms with Crippen LogP contribution in [0.3, 0.4) is 0 Å². The summed E-state index contributed by atoms with van der Waals surface area (Å²) in [5, 5.41) is 0. The standard InChI is InChI=1S/C9H17NO4S/c1-4-10-15(12,13)7-5-6-14-9(11)8(2)3/h10H,2,4-7H2,1,3H3. The summed E-state index contributed by atoms with van der Waals surface area (Å²) in [6, 6.07) is 0. The minimum Gasteiger partial charge on any atom is -0.462 e. The van der Waals surface area contributed by atoms with E-state index in [4.69, 9.17) is 4.74 Å². The molecular weight excluding hydrogens is 218 g/mol. The van der Waals surface area contributed by atoms with Gasteiger partial charge in [-0.25, -0.2) is 17.9 Å². The largest absolute Gasteiger partial charge is 0.462 e. The fourth-order valence-corrected chi connectivity index (χ4v) is 1.91. The summed E-state index contributed by atoms with van der Waals surface area (Å²) in [6.07, 6.45) is 0.286. The smallest absolute Gasteiger partial charge is 0.333 e. The molecule has 0 heterocycles. The average molecular weight is 235 g/mol. The van der Waals surface area contributed by atoms with E-state index in [9.17, 15) is 13.2 Å². The molecule has 0 aromatic rings. The molecule has 0 atom stereocenters. The number of rotatable bonds is 7. The molecule has 0 saturated carbocycles. The Balaban J connectivity index is 3.72. The Morgan fingerprint density at radius 2 is 2.07 bits per heavy atom. The van der Waals surface area contributed by atoms with E-state index in [-0.39, 0.29) is 18.8 Å². The van der Waals surface area contributed by atoms with E-state index in [1.165, 1.54) is 6.92 Å². The molecule has 0 unspecified atom stereocenters. The molecule has 0 fully saturated rings. The van der Waals surface area contributed by atoms with E-state index < -0.39 is 16.0 Å². The quantitative estimate of drug-likeness (QED) is 0.395. The highest BCUT2D eigenvalue weighted by atomic mass is 32.2. The topological polar surface area (TPSA) is 72.5 Å². The third-order valence-electron chi connectivity index (χ3n) is 1.50. The maximum Gasteiger partial charge on any atom is 0.333 e. The van der Waals surface area contributed by atoms with Crippen molar-refractivity contribution in [3.05, 3.63) is 12.2 Å². The van der Waals surface area contributed by atoms with Crippen LogP contribution in [0.15, 0.2) is 12.2 Å². The molecule has 0 aromatic carbocycles. The Hall–Kier alpha value is -0.880. The van der Waals surface area contributed by atoms with E-state index in [0.717, 1.165) is 0 Å². The maximum atomic E-state index is 11.1. The Labute approximate surface area is 90.6 Å². The lowest BCUT2D eigenvalue weighted by molar-refractivity contribution is -0.138. The summed E-state index contributed by atoms with van der Waals surface area (Å²) in [5.41, 5.74) is 0.310. The van der Waals surface area contributed by atoms with Crippen molar-refractivity contribution < 1.29 is 17.9 Å². The van der Waals surface area contributed by atoms with Crippen LogP contribution >= 0.6 is 0 Å². The SMILES string of the molecule is C=C(C)C(=O)OCCCS(=O)(=O)NCC. The highest BCUT2D eigenvalue weighted by molar-refractivity contribution is 7.89. The van der Waals surface area contributed by atoms with Crippen LogP contribution in [0, 0.1) is 0 Å². The van der Waals surface area contributed by atoms with Crippen molar-refractivity contribution in [1.29, 1.82) is 0 Å². The lowest BCUT2D eigenvalue weighted by Gasteiger charge is -2.05. The second kappa shape index (κ2) is 6.58. The Morgan fingerprint density at radius 1 is 1.47 bits per heavy atom. The zero-order valence-electron chi connectivity index (χ0n) is 9.08. The first-order chi connectivity index (χ1) is 6.89. The zero-order chi connectivity index (χ0) is 11.9. The van der Waals surface area contributed by atoms with Gasteiger partial charge in [0.1, 0.15) is 0 Å². The number of hydrogen-bond donors (Lipinski definition) is 1. The highest BCUT2D eigenvalue weighted by Crippen LogP contribution is 1.95. The zero-order valence-corrected chi connectivity index (χ0v) is 9.89. The van der Waals surface area contributed by atoms with Crippen molar-refractivity contribution >= 4 is 16.0 Å². The first-order valence-electron chi connectivity index (χ1n) is 4.69. The van der Waals surface area contributed by atoms with Crippen LogP contribution in [0.4, 0.5) is 0 Å². The molecule has 0 aliphatic carbocycles. The molecule has 6 heteroatoms. The van der Waals surface area contributed by atoms with Gasteiger partial charge in [-0.2, -0.15) is 0 Å². The molecule has 0 radical (unpaired) electrons. The van der Waals surface area contributed by atoms with Crippen molar-refractivity contribution in [2.45, 2.75) is 20.3 Å².